The molecule has 104 valence electrons. The lowest BCUT2D eigenvalue weighted by Gasteiger charge is -2.10. The molecule has 2 rings (SSSR count). The summed E-state index contributed by atoms with van der Waals surface area (Å²) in [6.45, 7) is 0.240. The summed E-state index contributed by atoms with van der Waals surface area (Å²) in [5, 5.41) is 21.7. The van der Waals surface area contributed by atoms with Crippen molar-refractivity contribution in [3.05, 3.63) is 30.0 Å². The van der Waals surface area contributed by atoms with E-state index in [1.165, 1.54) is 0 Å². The summed E-state index contributed by atoms with van der Waals surface area (Å²) >= 11 is 0. The molecule has 2 aromatic rings. The predicted octanol–water partition coefficient (Wildman–Crippen LogP) is 1.81. The molecule has 0 saturated carbocycles. The summed E-state index contributed by atoms with van der Waals surface area (Å²) < 4.78 is 5.18. The van der Waals surface area contributed by atoms with Crippen molar-refractivity contribution in [2.24, 2.45) is 0 Å². The lowest BCUT2D eigenvalue weighted by Crippen LogP contribution is -2.22. The van der Waals surface area contributed by atoms with Crippen LogP contribution in [0.15, 0.2) is 24.4 Å². The standard InChI is InChI=1S/C14H15N3O3/c1-20-9-2-3-12-10(6-9)11(8-17-12)13(7-15)16-5-4-14(18)19/h2-3,6,8,13,16-17H,4-5H2,1H3,(H,18,19). The highest BCUT2D eigenvalue weighted by molar-refractivity contribution is 5.85. The van der Waals surface area contributed by atoms with Crippen LogP contribution in [0.2, 0.25) is 0 Å². The molecule has 0 saturated heterocycles. The van der Waals surface area contributed by atoms with Crippen LogP contribution in [0.25, 0.3) is 10.9 Å². The third-order valence-electron chi connectivity index (χ3n) is 3.05. The second-order valence-corrected chi connectivity index (χ2v) is 4.32. The first-order chi connectivity index (χ1) is 9.65. The van der Waals surface area contributed by atoms with Gasteiger partial charge < -0.3 is 14.8 Å². The Morgan fingerprint density at radius 3 is 3.05 bits per heavy atom. The normalized spacial score (nSPS) is 12.0. The van der Waals surface area contributed by atoms with E-state index >= 15 is 0 Å². The number of benzene rings is 1. The molecule has 1 heterocycles. The molecule has 0 aliphatic heterocycles. The fraction of sp³-hybridized carbons (Fsp3) is 0.286. The number of carboxylic acids is 1. The number of fused-ring (bicyclic) bond motifs is 1. The van der Waals surface area contributed by atoms with Gasteiger partial charge in [0, 0.05) is 29.2 Å². The van der Waals surface area contributed by atoms with E-state index in [4.69, 9.17) is 9.84 Å². The van der Waals surface area contributed by atoms with Gasteiger partial charge in [0.25, 0.3) is 0 Å². The second kappa shape index (κ2) is 6.08. The number of hydrogen-bond acceptors (Lipinski definition) is 4. The van der Waals surface area contributed by atoms with Gasteiger partial charge in [-0.25, -0.2) is 0 Å². The van der Waals surface area contributed by atoms with Crippen LogP contribution in [0.5, 0.6) is 5.75 Å². The highest BCUT2D eigenvalue weighted by atomic mass is 16.5. The van der Waals surface area contributed by atoms with E-state index in [1.54, 1.807) is 13.3 Å². The minimum Gasteiger partial charge on any atom is -0.497 e. The van der Waals surface area contributed by atoms with E-state index in [0.29, 0.717) is 5.75 Å². The van der Waals surface area contributed by atoms with Crippen molar-refractivity contribution in [3.8, 4) is 11.8 Å². The molecule has 1 atom stereocenters. The molecular formula is C14H15N3O3. The van der Waals surface area contributed by atoms with Crippen molar-refractivity contribution < 1.29 is 14.6 Å². The molecule has 1 unspecified atom stereocenters. The Labute approximate surface area is 116 Å². The number of H-pyrrole nitrogens is 1. The number of ether oxygens (including phenoxy) is 1. The van der Waals surface area contributed by atoms with Gasteiger partial charge in [-0.05, 0) is 18.2 Å². The molecular weight excluding hydrogens is 258 g/mol. The van der Waals surface area contributed by atoms with Crippen LogP contribution in [0.1, 0.15) is 18.0 Å². The maximum absolute atomic E-state index is 10.5. The third-order valence-corrected chi connectivity index (χ3v) is 3.05. The quantitative estimate of drug-likeness (QED) is 0.745. The summed E-state index contributed by atoms with van der Waals surface area (Å²) in [5.74, 6) is -0.185. The molecule has 0 bridgehead atoms. The lowest BCUT2D eigenvalue weighted by molar-refractivity contribution is -0.136. The van der Waals surface area contributed by atoms with Gasteiger partial charge in [0.15, 0.2) is 0 Å². The average molecular weight is 273 g/mol. The van der Waals surface area contributed by atoms with Gasteiger partial charge in [-0.15, -0.1) is 0 Å². The van der Waals surface area contributed by atoms with Crippen molar-refractivity contribution in [1.29, 1.82) is 5.26 Å². The molecule has 6 heteroatoms. The van der Waals surface area contributed by atoms with Crippen LogP contribution in [-0.2, 0) is 4.79 Å². The summed E-state index contributed by atoms with van der Waals surface area (Å²) in [6, 6.07) is 7.15. The van der Waals surface area contributed by atoms with Gasteiger partial charge in [-0.1, -0.05) is 0 Å². The number of aliphatic carboxylic acids is 1. The molecule has 1 aromatic heterocycles. The summed E-state index contributed by atoms with van der Waals surface area (Å²) in [4.78, 5) is 13.6. The van der Waals surface area contributed by atoms with Crippen molar-refractivity contribution in [1.82, 2.24) is 10.3 Å². The molecule has 20 heavy (non-hydrogen) atoms. The smallest absolute Gasteiger partial charge is 0.304 e. The SMILES string of the molecule is COc1ccc2[nH]cc(C(C#N)NCCC(=O)O)c2c1. The topological polar surface area (TPSA) is 98.1 Å². The van der Waals surface area contributed by atoms with E-state index in [9.17, 15) is 10.1 Å². The van der Waals surface area contributed by atoms with Gasteiger partial charge in [-0.3, -0.25) is 10.1 Å². The number of carbonyl (C=O) groups is 1. The minimum atomic E-state index is -0.894. The zero-order chi connectivity index (χ0) is 14.5. The van der Waals surface area contributed by atoms with Crippen LogP contribution >= 0.6 is 0 Å². The number of aromatic amines is 1. The molecule has 0 fully saturated rings. The van der Waals surface area contributed by atoms with Gasteiger partial charge in [0.1, 0.15) is 11.8 Å². The second-order valence-electron chi connectivity index (χ2n) is 4.32. The Balaban J connectivity index is 2.25. The van der Waals surface area contributed by atoms with E-state index in [2.05, 4.69) is 16.4 Å². The van der Waals surface area contributed by atoms with Gasteiger partial charge >= 0.3 is 5.97 Å². The molecule has 6 nitrogen and oxygen atoms in total. The summed E-state index contributed by atoms with van der Waals surface area (Å²) in [6.07, 6.45) is 1.73. The number of nitriles is 1. The first-order valence-corrected chi connectivity index (χ1v) is 6.15. The molecule has 1 aromatic carbocycles. The molecule has 0 aliphatic carbocycles. The van der Waals surface area contributed by atoms with Crippen molar-refractivity contribution in [2.45, 2.75) is 12.5 Å². The number of nitrogens with one attached hydrogen (secondary N) is 2. The Hall–Kier alpha value is -2.52. The third kappa shape index (κ3) is 2.90. The molecule has 3 N–H and O–H groups in total. The summed E-state index contributed by atoms with van der Waals surface area (Å²) in [5.41, 5.74) is 1.69. The maximum Gasteiger partial charge on any atom is 0.304 e. The van der Waals surface area contributed by atoms with Crippen LogP contribution in [0, 0.1) is 11.3 Å². The monoisotopic (exact) mass is 273 g/mol. The maximum atomic E-state index is 10.5. The van der Waals surface area contributed by atoms with E-state index in [-0.39, 0.29) is 13.0 Å². The van der Waals surface area contributed by atoms with Gasteiger partial charge in [0.05, 0.1) is 19.6 Å². The fourth-order valence-corrected chi connectivity index (χ4v) is 2.04. The molecule has 0 spiro atoms. The average Bonchev–Trinajstić information content (AvgIpc) is 2.86. The van der Waals surface area contributed by atoms with Gasteiger partial charge in [0.2, 0.25) is 0 Å². The Bertz CT molecular complexity index is 657. The number of aromatic nitrogens is 1. The number of nitrogens with zero attached hydrogens (tertiary/aromatic N) is 1. The zero-order valence-corrected chi connectivity index (χ0v) is 11.0. The first-order valence-electron chi connectivity index (χ1n) is 6.15. The lowest BCUT2D eigenvalue weighted by atomic mass is 10.1. The number of carboxylic acid groups (broad SMARTS) is 1. The highest BCUT2D eigenvalue weighted by Crippen LogP contribution is 2.27. The van der Waals surface area contributed by atoms with E-state index in [0.717, 1.165) is 16.5 Å². The van der Waals surface area contributed by atoms with Crippen LogP contribution in [-0.4, -0.2) is 29.7 Å². The Kier molecular flexibility index (Phi) is 4.23. The molecule has 0 radical (unpaired) electrons. The molecule has 0 amide bonds. The highest BCUT2D eigenvalue weighted by Gasteiger charge is 2.15. The number of methoxy groups -OCH3 is 1. The fourth-order valence-electron chi connectivity index (χ4n) is 2.04. The Morgan fingerprint density at radius 1 is 1.60 bits per heavy atom. The molecule has 0 aliphatic rings. The van der Waals surface area contributed by atoms with Crippen LogP contribution in [0.4, 0.5) is 0 Å². The largest absolute Gasteiger partial charge is 0.497 e. The van der Waals surface area contributed by atoms with Crippen molar-refractivity contribution in [2.75, 3.05) is 13.7 Å². The van der Waals surface area contributed by atoms with Crippen molar-refractivity contribution in [3.63, 3.8) is 0 Å². The van der Waals surface area contributed by atoms with Crippen LogP contribution in [0.3, 0.4) is 0 Å². The van der Waals surface area contributed by atoms with Crippen LogP contribution < -0.4 is 10.1 Å². The number of hydrogen-bond donors (Lipinski definition) is 3. The predicted molar refractivity (Wildman–Crippen MR) is 73.5 cm³/mol. The van der Waals surface area contributed by atoms with E-state index in [1.807, 2.05) is 18.2 Å². The van der Waals surface area contributed by atoms with E-state index < -0.39 is 12.0 Å². The Morgan fingerprint density at radius 2 is 2.40 bits per heavy atom. The number of rotatable bonds is 6. The van der Waals surface area contributed by atoms with Gasteiger partial charge in [-0.2, -0.15) is 5.26 Å². The summed E-state index contributed by atoms with van der Waals surface area (Å²) in [7, 11) is 1.58. The van der Waals surface area contributed by atoms with Crippen molar-refractivity contribution >= 4 is 16.9 Å². The minimum absolute atomic E-state index is 0.0240. The zero-order valence-electron chi connectivity index (χ0n) is 11.0. The first kappa shape index (κ1) is 13.9.